The first-order chi connectivity index (χ1) is 12.2. The van der Waals surface area contributed by atoms with Gasteiger partial charge in [-0.25, -0.2) is 4.98 Å². The van der Waals surface area contributed by atoms with E-state index >= 15 is 0 Å². The maximum Gasteiger partial charge on any atom is 0.137 e. The second-order valence-corrected chi connectivity index (χ2v) is 5.84. The first kappa shape index (κ1) is 15.5. The summed E-state index contributed by atoms with van der Waals surface area (Å²) in [6.07, 6.45) is 2.00. The number of benzene rings is 1. The van der Waals surface area contributed by atoms with E-state index in [1.165, 1.54) is 0 Å². The summed E-state index contributed by atoms with van der Waals surface area (Å²) in [5.41, 5.74) is 4.85. The van der Waals surface area contributed by atoms with Crippen LogP contribution in [0.2, 0.25) is 0 Å². The molecule has 0 spiro atoms. The summed E-state index contributed by atoms with van der Waals surface area (Å²) >= 11 is 0. The number of hydrogen-bond donors (Lipinski definition) is 1. The Kier molecular flexibility index (Phi) is 3.78. The number of methoxy groups -OCH3 is 1. The molecule has 0 fully saturated rings. The van der Waals surface area contributed by atoms with Crippen LogP contribution in [-0.2, 0) is 6.61 Å². The van der Waals surface area contributed by atoms with Gasteiger partial charge < -0.3 is 18.7 Å². The summed E-state index contributed by atoms with van der Waals surface area (Å²) in [6, 6.07) is 15.5. The third kappa shape index (κ3) is 2.68. The van der Waals surface area contributed by atoms with Crippen LogP contribution in [0.1, 0.15) is 11.5 Å². The minimum Gasteiger partial charge on any atom is -0.497 e. The molecule has 0 unspecified atom stereocenters. The zero-order chi connectivity index (χ0) is 17.4. The van der Waals surface area contributed by atoms with Gasteiger partial charge in [0.2, 0.25) is 0 Å². The van der Waals surface area contributed by atoms with Crippen molar-refractivity contribution in [3.8, 4) is 28.3 Å². The topological polar surface area (TPSA) is 59.9 Å². The Morgan fingerprint density at radius 1 is 1.04 bits per heavy atom. The highest BCUT2D eigenvalue weighted by molar-refractivity contribution is 5.69. The highest BCUT2D eigenvalue weighted by atomic mass is 16.5. The fraction of sp³-hybridized carbons (Fsp3) is 0.150. The largest absolute Gasteiger partial charge is 0.497 e. The Morgan fingerprint density at radius 2 is 1.80 bits per heavy atom. The second-order valence-electron chi connectivity index (χ2n) is 5.84. The number of furan rings is 1. The maximum atomic E-state index is 9.16. The number of fused-ring (bicyclic) bond motifs is 1. The van der Waals surface area contributed by atoms with Crippen molar-refractivity contribution in [2.24, 2.45) is 0 Å². The van der Waals surface area contributed by atoms with Crippen molar-refractivity contribution in [2.75, 3.05) is 7.11 Å². The van der Waals surface area contributed by atoms with Crippen LogP contribution in [0, 0.1) is 6.92 Å². The zero-order valence-corrected chi connectivity index (χ0v) is 14.1. The molecule has 0 saturated heterocycles. The van der Waals surface area contributed by atoms with Crippen LogP contribution >= 0.6 is 0 Å². The number of nitrogens with zero attached hydrogens (tertiary/aromatic N) is 2. The third-order valence-electron chi connectivity index (χ3n) is 4.32. The fourth-order valence-electron chi connectivity index (χ4n) is 2.95. The lowest BCUT2D eigenvalue weighted by Crippen LogP contribution is -1.89. The van der Waals surface area contributed by atoms with Crippen molar-refractivity contribution in [2.45, 2.75) is 13.5 Å². The van der Waals surface area contributed by atoms with Crippen LogP contribution < -0.4 is 4.74 Å². The molecule has 0 atom stereocenters. The van der Waals surface area contributed by atoms with Gasteiger partial charge in [-0.2, -0.15) is 0 Å². The van der Waals surface area contributed by atoms with Crippen LogP contribution in [0.3, 0.4) is 0 Å². The van der Waals surface area contributed by atoms with Crippen molar-refractivity contribution in [3.05, 3.63) is 66.2 Å². The summed E-state index contributed by atoms with van der Waals surface area (Å²) < 4.78 is 12.9. The van der Waals surface area contributed by atoms with Gasteiger partial charge in [0, 0.05) is 23.0 Å². The SMILES string of the molecule is COc1ccc(-c2nc3ccc(-c4ccc(CO)o4)cn3c2C)cc1. The van der Waals surface area contributed by atoms with Crippen LogP contribution in [0.5, 0.6) is 5.75 Å². The average Bonchev–Trinajstić information content (AvgIpc) is 3.26. The summed E-state index contributed by atoms with van der Waals surface area (Å²) in [4.78, 5) is 4.75. The molecular weight excluding hydrogens is 316 g/mol. The van der Waals surface area contributed by atoms with Gasteiger partial charge in [0.1, 0.15) is 29.5 Å². The predicted molar refractivity (Wildman–Crippen MR) is 95.5 cm³/mol. The van der Waals surface area contributed by atoms with E-state index in [1.807, 2.05) is 55.6 Å². The smallest absolute Gasteiger partial charge is 0.137 e. The molecule has 5 heteroatoms. The Balaban J connectivity index is 1.79. The van der Waals surface area contributed by atoms with E-state index in [1.54, 1.807) is 13.2 Å². The van der Waals surface area contributed by atoms with Gasteiger partial charge in [0.15, 0.2) is 0 Å². The molecule has 0 radical (unpaired) electrons. The minimum absolute atomic E-state index is 0.103. The van der Waals surface area contributed by atoms with E-state index in [0.29, 0.717) is 5.76 Å². The van der Waals surface area contributed by atoms with E-state index in [0.717, 1.165) is 39.7 Å². The van der Waals surface area contributed by atoms with Crippen LogP contribution in [0.4, 0.5) is 0 Å². The molecule has 5 nitrogen and oxygen atoms in total. The van der Waals surface area contributed by atoms with Gasteiger partial charge in [0.05, 0.1) is 12.8 Å². The molecule has 0 saturated carbocycles. The van der Waals surface area contributed by atoms with E-state index in [9.17, 15) is 0 Å². The number of aliphatic hydroxyl groups is 1. The Bertz CT molecular complexity index is 1030. The number of aromatic nitrogens is 2. The summed E-state index contributed by atoms with van der Waals surface area (Å²) in [5.74, 6) is 2.10. The molecule has 4 rings (SSSR count). The summed E-state index contributed by atoms with van der Waals surface area (Å²) in [7, 11) is 1.66. The van der Waals surface area contributed by atoms with Gasteiger partial charge in [-0.05, 0) is 55.5 Å². The molecule has 1 N–H and O–H groups in total. The number of ether oxygens (including phenoxy) is 1. The molecule has 0 aliphatic rings. The number of rotatable bonds is 4. The van der Waals surface area contributed by atoms with Gasteiger partial charge in [-0.1, -0.05) is 0 Å². The number of aliphatic hydroxyl groups excluding tert-OH is 1. The quantitative estimate of drug-likeness (QED) is 0.611. The molecule has 3 heterocycles. The lowest BCUT2D eigenvalue weighted by Gasteiger charge is -2.03. The number of aryl methyl sites for hydroxylation is 1. The summed E-state index contributed by atoms with van der Waals surface area (Å²) in [6.45, 7) is 1.94. The molecule has 3 aromatic heterocycles. The average molecular weight is 334 g/mol. The van der Waals surface area contributed by atoms with Crippen molar-refractivity contribution >= 4 is 5.65 Å². The number of hydrogen-bond acceptors (Lipinski definition) is 4. The lowest BCUT2D eigenvalue weighted by molar-refractivity contribution is 0.248. The van der Waals surface area contributed by atoms with Gasteiger partial charge in [-0.3, -0.25) is 0 Å². The Hall–Kier alpha value is -3.05. The normalized spacial score (nSPS) is 11.2. The minimum atomic E-state index is -0.103. The highest BCUT2D eigenvalue weighted by Gasteiger charge is 2.12. The zero-order valence-electron chi connectivity index (χ0n) is 14.1. The monoisotopic (exact) mass is 334 g/mol. The molecule has 0 amide bonds. The van der Waals surface area contributed by atoms with Gasteiger partial charge >= 0.3 is 0 Å². The first-order valence-corrected chi connectivity index (χ1v) is 8.02. The first-order valence-electron chi connectivity index (χ1n) is 8.02. The van der Waals surface area contributed by atoms with Crippen molar-refractivity contribution < 1.29 is 14.3 Å². The van der Waals surface area contributed by atoms with Crippen molar-refractivity contribution in [1.82, 2.24) is 9.38 Å². The van der Waals surface area contributed by atoms with Crippen molar-refractivity contribution in [3.63, 3.8) is 0 Å². The second kappa shape index (κ2) is 6.11. The maximum absolute atomic E-state index is 9.16. The third-order valence-corrected chi connectivity index (χ3v) is 4.32. The van der Waals surface area contributed by atoms with Gasteiger partial charge in [-0.15, -0.1) is 0 Å². The predicted octanol–water partition coefficient (Wildman–Crippen LogP) is 4.07. The Morgan fingerprint density at radius 3 is 2.48 bits per heavy atom. The molecule has 25 heavy (non-hydrogen) atoms. The fourth-order valence-corrected chi connectivity index (χ4v) is 2.95. The molecule has 4 aromatic rings. The van der Waals surface area contributed by atoms with Crippen molar-refractivity contribution in [1.29, 1.82) is 0 Å². The molecule has 126 valence electrons. The van der Waals surface area contributed by atoms with E-state index in [4.69, 9.17) is 19.2 Å². The van der Waals surface area contributed by atoms with Gasteiger partial charge in [0.25, 0.3) is 0 Å². The molecule has 0 aliphatic carbocycles. The molecular formula is C20H18N2O3. The van der Waals surface area contributed by atoms with Crippen LogP contribution in [0.15, 0.2) is 59.1 Å². The van der Waals surface area contributed by atoms with E-state index in [2.05, 4.69) is 4.40 Å². The van der Waals surface area contributed by atoms with Crippen LogP contribution in [-0.4, -0.2) is 21.6 Å². The number of imidazole rings is 1. The van der Waals surface area contributed by atoms with Crippen LogP contribution in [0.25, 0.3) is 28.2 Å². The van der Waals surface area contributed by atoms with E-state index in [-0.39, 0.29) is 6.61 Å². The lowest BCUT2D eigenvalue weighted by atomic mass is 10.1. The molecule has 0 aliphatic heterocycles. The Labute approximate surface area is 145 Å². The highest BCUT2D eigenvalue weighted by Crippen LogP contribution is 2.28. The molecule has 1 aromatic carbocycles. The van der Waals surface area contributed by atoms with E-state index < -0.39 is 0 Å². The standard InChI is InChI=1S/C20H18N2O3/c1-13-20(14-3-6-16(24-2)7-4-14)21-19-10-5-15(11-22(13)19)18-9-8-17(12-23)25-18/h3-11,23H,12H2,1-2H3. The number of pyridine rings is 1. The molecule has 0 bridgehead atoms. The summed E-state index contributed by atoms with van der Waals surface area (Å²) in [5, 5.41) is 9.16.